The molecule has 0 aliphatic heterocycles. The van der Waals surface area contributed by atoms with E-state index in [-0.39, 0.29) is 0 Å². The molecule has 0 fully saturated rings. The number of nitrogens with zero attached hydrogens (tertiary/aromatic N) is 3. The van der Waals surface area contributed by atoms with Crippen LogP contribution in [0.3, 0.4) is 0 Å². The lowest BCUT2D eigenvalue weighted by Gasteiger charge is -2.10. The van der Waals surface area contributed by atoms with Gasteiger partial charge in [0.15, 0.2) is 0 Å². The Morgan fingerprint density at radius 3 is 2.95 bits per heavy atom. The van der Waals surface area contributed by atoms with Gasteiger partial charge in [-0.3, -0.25) is 0 Å². The maximum absolute atomic E-state index is 4.68. The quantitative estimate of drug-likeness (QED) is 0.758. The van der Waals surface area contributed by atoms with Crippen molar-refractivity contribution < 1.29 is 0 Å². The fourth-order valence-corrected chi connectivity index (χ4v) is 3.49. The minimum atomic E-state index is 0.877. The number of hydrogen-bond donors (Lipinski definition) is 1. The van der Waals surface area contributed by atoms with Crippen LogP contribution in [0.2, 0.25) is 0 Å². The zero-order valence-electron chi connectivity index (χ0n) is 12.3. The van der Waals surface area contributed by atoms with E-state index in [1.54, 1.807) is 11.3 Å². The molecule has 1 N–H and O–H groups in total. The molecule has 0 aromatic carbocycles. The topological polar surface area (TPSA) is 41.1 Å². The molecule has 4 nitrogen and oxygen atoms in total. The highest BCUT2D eigenvalue weighted by molar-refractivity contribution is 7.98. The smallest absolute Gasteiger partial charge is 0.142 e. The molecule has 110 valence electrons. The van der Waals surface area contributed by atoms with Gasteiger partial charge in [0, 0.05) is 18.8 Å². The highest BCUT2D eigenvalue weighted by Crippen LogP contribution is 2.26. The summed E-state index contributed by atoms with van der Waals surface area (Å²) in [6.07, 6.45) is 1.10. The van der Waals surface area contributed by atoms with Crippen LogP contribution in [-0.2, 0) is 5.75 Å². The Kier molecular flexibility index (Phi) is 6.06. The van der Waals surface area contributed by atoms with E-state index in [0.29, 0.717) is 0 Å². The van der Waals surface area contributed by atoms with E-state index in [1.165, 1.54) is 0 Å². The Hall–Kier alpha value is -0.850. The van der Waals surface area contributed by atoms with Crippen LogP contribution in [0.1, 0.15) is 19.2 Å². The normalized spacial score (nSPS) is 11.4. The zero-order chi connectivity index (χ0) is 14.4. The number of anilines is 1. The van der Waals surface area contributed by atoms with E-state index in [9.17, 15) is 0 Å². The number of aromatic nitrogens is 2. The van der Waals surface area contributed by atoms with Crippen molar-refractivity contribution >= 4 is 39.1 Å². The van der Waals surface area contributed by atoms with Gasteiger partial charge in [-0.2, -0.15) is 11.8 Å². The third kappa shape index (κ3) is 4.33. The van der Waals surface area contributed by atoms with Crippen molar-refractivity contribution in [1.29, 1.82) is 0 Å². The molecule has 0 saturated heterocycles. The van der Waals surface area contributed by atoms with Crippen LogP contribution in [0.5, 0.6) is 0 Å². The number of thiophene rings is 1. The average molecular weight is 310 g/mol. The first-order chi connectivity index (χ1) is 9.70. The Bertz CT molecular complexity index is 539. The maximum atomic E-state index is 4.68. The summed E-state index contributed by atoms with van der Waals surface area (Å²) in [4.78, 5) is 12.6. The molecule has 0 aliphatic carbocycles. The van der Waals surface area contributed by atoms with Crippen LogP contribution < -0.4 is 5.32 Å². The van der Waals surface area contributed by atoms with Crippen LogP contribution in [0.25, 0.3) is 10.2 Å². The summed E-state index contributed by atoms with van der Waals surface area (Å²) in [6, 6.07) is 2.10. The third-order valence-electron chi connectivity index (χ3n) is 2.83. The van der Waals surface area contributed by atoms with Crippen molar-refractivity contribution in [2.24, 2.45) is 0 Å². The average Bonchev–Trinajstić information content (AvgIpc) is 2.89. The molecular formula is C14H22N4S2. The Morgan fingerprint density at radius 2 is 2.20 bits per heavy atom. The predicted octanol–water partition coefficient (Wildman–Crippen LogP) is 3.31. The highest BCUT2D eigenvalue weighted by Gasteiger charge is 2.08. The maximum Gasteiger partial charge on any atom is 0.142 e. The first-order valence-electron chi connectivity index (χ1n) is 6.91. The summed E-state index contributed by atoms with van der Waals surface area (Å²) in [6.45, 7) is 4.21. The Balaban J connectivity index is 2.05. The third-order valence-corrected chi connectivity index (χ3v) is 4.57. The highest BCUT2D eigenvalue weighted by atomic mass is 32.2. The first kappa shape index (κ1) is 15.5. The molecule has 0 bridgehead atoms. The first-order valence-corrected chi connectivity index (χ1v) is 8.94. The van der Waals surface area contributed by atoms with Gasteiger partial charge in [-0.1, -0.05) is 6.92 Å². The SMILES string of the molecule is CCCNc1nc(CSCCN(C)C)nc2sccc12. The molecule has 2 rings (SSSR count). The van der Waals surface area contributed by atoms with Crippen LogP contribution in [0.15, 0.2) is 11.4 Å². The van der Waals surface area contributed by atoms with Crippen LogP contribution >= 0.6 is 23.1 Å². The van der Waals surface area contributed by atoms with Crippen molar-refractivity contribution in [1.82, 2.24) is 14.9 Å². The van der Waals surface area contributed by atoms with Crippen LogP contribution in [0.4, 0.5) is 5.82 Å². The van der Waals surface area contributed by atoms with Crippen LogP contribution in [-0.4, -0.2) is 47.8 Å². The molecule has 0 radical (unpaired) electrons. The molecule has 0 atom stereocenters. The molecule has 6 heteroatoms. The van der Waals surface area contributed by atoms with Gasteiger partial charge in [0.25, 0.3) is 0 Å². The second kappa shape index (κ2) is 7.81. The molecular weight excluding hydrogens is 288 g/mol. The fraction of sp³-hybridized carbons (Fsp3) is 0.571. The monoisotopic (exact) mass is 310 g/mol. The number of fused-ring (bicyclic) bond motifs is 1. The number of thioether (sulfide) groups is 1. The summed E-state index contributed by atoms with van der Waals surface area (Å²) < 4.78 is 0. The molecule has 0 unspecified atom stereocenters. The van der Waals surface area contributed by atoms with Crippen LogP contribution in [0, 0.1) is 0 Å². The minimum Gasteiger partial charge on any atom is -0.369 e. The molecule has 2 heterocycles. The van der Waals surface area contributed by atoms with Gasteiger partial charge in [-0.25, -0.2) is 9.97 Å². The zero-order valence-corrected chi connectivity index (χ0v) is 14.0. The van der Waals surface area contributed by atoms with Gasteiger partial charge >= 0.3 is 0 Å². The van der Waals surface area contributed by atoms with Gasteiger partial charge < -0.3 is 10.2 Å². The molecule has 2 aromatic rings. The second-order valence-electron chi connectivity index (χ2n) is 4.91. The minimum absolute atomic E-state index is 0.877. The van der Waals surface area contributed by atoms with E-state index >= 15 is 0 Å². The van der Waals surface area contributed by atoms with Crippen molar-refractivity contribution in [2.45, 2.75) is 19.1 Å². The lowest BCUT2D eigenvalue weighted by molar-refractivity contribution is 0.437. The van der Waals surface area contributed by atoms with Gasteiger partial charge in [-0.15, -0.1) is 11.3 Å². The number of nitrogens with one attached hydrogen (secondary N) is 1. The van der Waals surface area contributed by atoms with Crippen molar-refractivity contribution in [3.8, 4) is 0 Å². The van der Waals surface area contributed by atoms with Crippen molar-refractivity contribution in [3.05, 3.63) is 17.3 Å². The summed E-state index contributed by atoms with van der Waals surface area (Å²) in [5.74, 6) is 3.91. The predicted molar refractivity (Wildman–Crippen MR) is 90.9 cm³/mol. The standard InChI is InChI=1S/C14H22N4S2/c1-4-6-15-13-11-5-8-20-14(11)17-12(16-13)10-19-9-7-18(2)3/h5,8H,4,6-7,9-10H2,1-3H3,(H,15,16,17). The largest absolute Gasteiger partial charge is 0.369 e. The second-order valence-corrected chi connectivity index (χ2v) is 6.91. The van der Waals surface area contributed by atoms with Gasteiger partial charge in [0.2, 0.25) is 0 Å². The van der Waals surface area contributed by atoms with Crippen molar-refractivity contribution in [3.63, 3.8) is 0 Å². The molecule has 2 aromatic heterocycles. The lowest BCUT2D eigenvalue weighted by Crippen LogP contribution is -2.15. The van der Waals surface area contributed by atoms with E-state index in [4.69, 9.17) is 0 Å². The molecule has 20 heavy (non-hydrogen) atoms. The van der Waals surface area contributed by atoms with Gasteiger partial charge in [0.05, 0.1) is 11.1 Å². The summed E-state index contributed by atoms with van der Waals surface area (Å²) >= 11 is 3.57. The molecule has 0 amide bonds. The van der Waals surface area contributed by atoms with Gasteiger partial charge in [0.1, 0.15) is 16.5 Å². The van der Waals surface area contributed by atoms with E-state index in [2.05, 4.69) is 52.7 Å². The molecule has 0 saturated carbocycles. The van der Waals surface area contributed by atoms with Crippen molar-refractivity contribution in [2.75, 3.05) is 38.3 Å². The number of rotatable bonds is 8. The Labute approximate surface area is 129 Å². The summed E-state index contributed by atoms with van der Waals surface area (Å²) in [5.41, 5.74) is 0. The Morgan fingerprint density at radius 1 is 1.35 bits per heavy atom. The van der Waals surface area contributed by atoms with E-state index in [1.807, 2.05) is 11.8 Å². The van der Waals surface area contributed by atoms with E-state index < -0.39 is 0 Å². The van der Waals surface area contributed by atoms with E-state index in [0.717, 1.165) is 52.9 Å². The summed E-state index contributed by atoms with van der Waals surface area (Å²) in [7, 11) is 4.20. The summed E-state index contributed by atoms with van der Waals surface area (Å²) in [5, 5.41) is 6.64. The molecule has 0 spiro atoms. The fourth-order valence-electron chi connectivity index (χ4n) is 1.75. The van der Waals surface area contributed by atoms with Gasteiger partial charge in [-0.05, 0) is 32.0 Å². The molecule has 0 aliphatic rings. The number of hydrogen-bond acceptors (Lipinski definition) is 6. The lowest BCUT2D eigenvalue weighted by atomic mass is 10.3.